The Kier molecular flexibility index (Phi) is 2.94. The van der Waals surface area contributed by atoms with Crippen molar-refractivity contribution in [2.24, 2.45) is 9.98 Å². The van der Waals surface area contributed by atoms with Gasteiger partial charge in [-0.25, -0.2) is 4.79 Å². The number of urea groups is 1. The first-order valence-electron chi connectivity index (χ1n) is 3.35. The topological polar surface area (TPSA) is 41.8 Å². The third kappa shape index (κ3) is 1.54. The van der Waals surface area contributed by atoms with E-state index in [4.69, 9.17) is 0 Å². The van der Waals surface area contributed by atoms with E-state index in [9.17, 15) is 4.79 Å². The largest absolute Gasteiger partial charge is 0.368 e. The van der Waals surface area contributed by atoms with E-state index >= 15 is 0 Å². The molecule has 7 heteroatoms. The highest BCUT2D eigenvalue weighted by molar-refractivity contribution is 9.15. The minimum Gasteiger partial charge on any atom is -0.244 e. The first kappa shape index (κ1) is 10.9. The lowest BCUT2D eigenvalue weighted by atomic mass is 10.3. The summed E-state index contributed by atoms with van der Waals surface area (Å²) in [6, 6.07) is -0.480. The van der Waals surface area contributed by atoms with Gasteiger partial charge < -0.3 is 0 Å². The summed E-state index contributed by atoms with van der Waals surface area (Å²) in [6.07, 6.45) is 0. The molecule has 0 spiro atoms. The van der Waals surface area contributed by atoms with Gasteiger partial charge in [-0.3, -0.25) is 0 Å². The summed E-state index contributed by atoms with van der Waals surface area (Å²) in [5, 5.41) is 1.11. The molecule has 14 heavy (non-hydrogen) atoms. The van der Waals surface area contributed by atoms with Gasteiger partial charge in [0.2, 0.25) is 0 Å². The van der Waals surface area contributed by atoms with E-state index in [1.807, 2.05) is 0 Å². The number of hydrogen-bond donors (Lipinski definition) is 0. The summed E-state index contributed by atoms with van der Waals surface area (Å²) in [5.41, 5.74) is 0. The van der Waals surface area contributed by atoms with Crippen LogP contribution in [-0.2, 0) is 0 Å². The van der Waals surface area contributed by atoms with Crippen LogP contribution in [0.2, 0.25) is 0 Å². The molecule has 2 amide bonds. The molecule has 2 rings (SSSR count). The normalized spacial score (nSPS) is 13.6. The van der Waals surface area contributed by atoms with Gasteiger partial charge in [0.05, 0.1) is 8.95 Å². The summed E-state index contributed by atoms with van der Waals surface area (Å²) in [6.45, 7) is 0. The minimum atomic E-state index is -0.480. The van der Waals surface area contributed by atoms with Gasteiger partial charge in [-0.1, -0.05) is 0 Å². The van der Waals surface area contributed by atoms with Crippen molar-refractivity contribution in [2.75, 3.05) is 0 Å². The van der Waals surface area contributed by atoms with Gasteiger partial charge in [0.25, 0.3) is 0 Å². The van der Waals surface area contributed by atoms with Crippen molar-refractivity contribution in [3.8, 4) is 0 Å². The van der Waals surface area contributed by atoms with Gasteiger partial charge in [-0.2, -0.15) is 9.98 Å². The number of benzene rings is 1. The van der Waals surface area contributed by atoms with Crippen LogP contribution in [0.15, 0.2) is 27.9 Å². The van der Waals surface area contributed by atoms with Gasteiger partial charge in [-0.15, -0.1) is 0 Å². The Morgan fingerprint density at radius 3 is 1.43 bits per heavy atom. The van der Waals surface area contributed by atoms with Crippen molar-refractivity contribution in [1.29, 1.82) is 0 Å². The first-order valence-corrected chi connectivity index (χ1v) is 6.53. The molecule has 1 heterocycles. The first-order chi connectivity index (χ1) is 6.52. The molecule has 0 N–H and O–H groups in total. The number of hydrogen-bond acceptors (Lipinski definition) is 1. The number of carbonyl (C=O) groups is 1. The Hall–Kier alpha value is 0.410. The van der Waals surface area contributed by atoms with E-state index in [1.165, 1.54) is 0 Å². The molecular weight excluding hydrogens is 448 g/mol. The molecule has 1 aliphatic heterocycles. The zero-order valence-electron chi connectivity index (χ0n) is 6.31. The Labute approximate surface area is 112 Å². The predicted octanol–water partition coefficient (Wildman–Crippen LogP) is 3.11. The van der Waals surface area contributed by atoms with E-state index in [0.717, 1.165) is 17.9 Å². The second kappa shape index (κ2) is 3.77. The van der Waals surface area contributed by atoms with Crippen LogP contribution < -0.4 is 10.7 Å². The lowest BCUT2D eigenvalue weighted by molar-refractivity contribution is 0.256. The lowest BCUT2D eigenvalue weighted by Crippen LogP contribution is -2.25. The quantitative estimate of drug-likeness (QED) is 0.445. The van der Waals surface area contributed by atoms with Crippen molar-refractivity contribution in [3.63, 3.8) is 0 Å². The third-order valence-electron chi connectivity index (χ3n) is 1.63. The average Bonchev–Trinajstić information content (AvgIpc) is 2.54. The average molecular weight is 448 g/mol. The molecule has 0 fully saturated rings. The fraction of sp³-hybridized carbons (Fsp3) is 0. The lowest BCUT2D eigenvalue weighted by Gasteiger charge is -2.01. The smallest absolute Gasteiger partial charge is 0.244 e. The van der Waals surface area contributed by atoms with E-state index in [-0.39, 0.29) is 0 Å². The number of amides is 2. The van der Waals surface area contributed by atoms with Crippen LogP contribution in [-0.4, -0.2) is 6.03 Å². The van der Waals surface area contributed by atoms with Crippen molar-refractivity contribution >= 4 is 69.8 Å². The van der Waals surface area contributed by atoms with Crippen LogP contribution in [0.1, 0.15) is 0 Å². The van der Waals surface area contributed by atoms with E-state index in [2.05, 4.69) is 73.7 Å². The van der Waals surface area contributed by atoms with Crippen molar-refractivity contribution in [2.45, 2.75) is 0 Å². The second-order valence-electron chi connectivity index (χ2n) is 2.46. The molecule has 0 radical (unpaired) electrons. The highest BCUT2D eigenvalue weighted by Crippen LogP contribution is 2.32. The van der Waals surface area contributed by atoms with Crippen molar-refractivity contribution < 1.29 is 4.79 Å². The van der Waals surface area contributed by atoms with Crippen molar-refractivity contribution in [1.82, 2.24) is 0 Å². The molecule has 1 aromatic rings. The van der Waals surface area contributed by atoms with Crippen LogP contribution in [0.3, 0.4) is 0 Å². The van der Waals surface area contributed by atoms with E-state index < -0.39 is 6.03 Å². The highest BCUT2D eigenvalue weighted by atomic mass is 79.9. The van der Waals surface area contributed by atoms with Gasteiger partial charge in [0, 0.05) is 8.95 Å². The zero-order chi connectivity index (χ0) is 10.5. The second-order valence-corrected chi connectivity index (χ2v) is 5.63. The molecule has 0 unspecified atom stereocenters. The maximum atomic E-state index is 11.0. The fourth-order valence-corrected chi connectivity index (χ4v) is 3.28. The Bertz CT molecular complexity index is 517. The van der Waals surface area contributed by atoms with Crippen LogP contribution in [0.4, 0.5) is 4.79 Å². The molecular formula is C7Br4N2O. The minimum absolute atomic E-state index is 0.480. The Morgan fingerprint density at radius 2 is 1.07 bits per heavy atom. The molecule has 1 aromatic carbocycles. The SMILES string of the molecule is O=C1N=c2c(Br)c(Br)c(Br)c(Br)c2=N1. The van der Waals surface area contributed by atoms with Gasteiger partial charge in [0.1, 0.15) is 10.7 Å². The van der Waals surface area contributed by atoms with Gasteiger partial charge in [-0.05, 0) is 63.7 Å². The molecule has 0 bridgehead atoms. The number of rotatable bonds is 0. The monoisotopic (exact) mass is 444 g/mol. The fourth-order valence-electron chi connectivity index (χ4n) is 1.03. The Morgan fingerprint density at radius 1 is 0.714 bits per heavy atom. The molecule has 0 atom stereocenters. The van der Waals surface area contributed by atoms with Crippen LogP contribution in [0, 0.1) is 0 Å². The third-order valence-corrected chi connectivity index (χ3v) is 6.36. The van der Waals surface area contributed by atoms with Crippen molar-refractivity contribution in [3.05, 3.63) is 28.6 Å². The number of halogens is 4. The maximum Gasteiger partial charge on any atom is 0.368 e. The van der Waals surface area contributed by atoms with Crippen LogP contribution in [0.25, 0.3) is 0 Å². The summed E-state index contributed by atoms with van der Waals surface area (Å²) >= 11 is 13.4. The number of carbonyl (C=O) groups excluding carboxylic acids is 1. The molecule has 0 aliphatic carbocycles. The molecule has 72 valence electrons. The zero-order valence-corrected chi connectivity index (χ0v) is 12.7. The standard InChI is InChI=1S/C7Br4N2O/c8-1-2(9)4(11)6-5(3(1)10)12-7(14)13-6. The summed E-state index contributed by atoms with van der Waals surface area (Å²) in [4.78, 5) is 18.6. The highest BCUT2D eigenvalue weighted by Gasteiger charge is 2.17. The van der Waals surface area contributed by atoms with Crippen LogP contribution >= 0.6 is 63.7 Å². The Balaban J connectivity index is 3.07. The van der Waals surface area contributed by atoms with Crippen LogP contribution in [0.5, 0.6) is 0 Å². The predicted molar refractivity (Wildman–Crippen MR) is 65.0 cm³/mol. The van der Waals surface area contributed by atoms with E-state index in [0.29, 0.717) is 10.7 Å². The molecule has 0 saturated carbocycles. The molecule has 3 nitrogen and oxygen atoms in total. The summed E-state index contributed by atoms with van der Waals surface area (Å²) in [5.74, 6) is 0. The molecule has 0 aromatic heterocycles. The number of fused-ring (bicyclic) bond motifs is 1. The summed E-state index contributed by atoms with van der Waals surface area (Å²) in [7, 11) is 0. The number of nitrogens with zero attached hydrogens (tertiary/aromatic N) is 2. The van der Waals surface area contributed by atoms with Gasteiger partial charge >= 0.3 is 6.03 Å². The van der Waals surface area contributed by atoms with Gasteiger partial charge in [0.15, 0.2) is 0 Å². The summed E-state index contributed by atoms with van der Waals surface area (Å²) < 4.78 is 3.04. The van der Waals surface area contributed by atoms with E-state index in [1.54, 1.807) is 0 Å². The molecule has 0 saturated heterocycles. The molecule has 1 aliphatic rings. The maximum absolute atomic E-state index is 11.0.